The predicted octanol–water partition coefficient (Wildman–Crippen LogP) is 1.92. The van der Waals surface area contributed by atoms with E-state index in [1.54, 1.807) is 0 Å². The first kappa shape index (κ1) is 15.7. The summed E-state index contributed by atoms with van der Waals surface area (Å²) in [6.07, 6.45) is 4.06. The van der Waals surface area contributed by atoms with Crippen LogP contribution in [0.3, 0.4) is 0 Å². The van der Waals surface area contributed by atoms with E-state index < -0.39 is 0 Å². The van der Waals surface area contributed by atoms with Gasteiger partial charge in [0.05, 0.1) is 4.88 Å². The number of hydrogen-bond acceptors (Lipinski definition) is 4. The summed E-state index contributed by atoms with van der Waals surface area (Å²) in [6, 6.07) is 3.83. The van der Waals surface area contributed by atoms with Gasteiger partial charge >= 0.3 is 0 Å². The average Bonchev–Trinajstić information content (AvgIpc) is 2.86. The van der Waals surface area contributed by atoms with Gasteiger partial charge in [-0.1, -0.05) is 0 Å². The molecule has 21 heavy (non-hydrogen) atoms. The molecule has 1 aromatic rings. The molecule has 0 bridgehead atoms. The number of nitrogens with zero attached hydrogens (tertiary/aromatic N) is 1. The first-order valence-electron chi connectivity index (χ1n) is 7.21. The summed E-state index contributed by atoms with van der Waals surface area (Å²) in [6.45, 7) is 1.30. The average molecular weight is 308 g/mol. The van der Waals surface area contributed by atoms with Crippen molar-refractivity contribution in [2.45, 2.75) is 38.0 Å². The smallest absolute Gasteiger partial charge is 0.222 e. The molecule has 5 nitrogen and oxygen atoms in total. The number of aldehydes is 1. The molecule has 0 aromatic carbocycles. The number of primary amides is 1. The van der Waals surface area contributed by atoms with Crippen LogP contribution in [0.1, 0.15) is 52.6 Å². The Hall–Kier alpha value is -1.69. The Morgan fingerprint density at radius 1 is 1.43 bits per heavy atom. The largest absolute Gasteiger partial charge is 0.370 e. The third-order valence-electron chi connectivity index (χ3n) is 3.82. The summed E-state index contributed by atoms with van der Waals surface area (Å²) >= 11 is 1.51. The monoisotopic (exact) mass is 308 g/mol. The standard InChI is InChI=1S/C15H20N2O3S/c16-14(19)2-1-8-17-9-7-11(3-6-15(17)20)13-5-4-12(10-18)21-13/h4-5,10-11H,1-3,6-9H2,(H2,16,19). The summed E-state index contributed by atoms with van der Waals surface area (Å²) in [5, 5.41) is 0. The Labute approximate surface area is 128 Å². The molecular formula is C15H20N2O3S. The molecule has 0 saturated carbocycles. The lowest BCUT2D eigenvalue weighted by Gasteiger charge is -2.20. The van der Waals surface area contributed by atoms with Gasteiger partial charge in [0.1, 0.15) is 0 Å². The van der Waals surface area contributed by atoms with Crippen molar-refractivity contribution in [1.29, 1.82) is 0 Å². The van der Waals surface area contributed by atoms with Gasteiger partial charge in [0.15, 0.2) is 6.29 Å². The molecule has 0 aliphatic carbocycles. The van der Waals surface area contributed by atoms with Gasteiger partial charge in [-0.15, -0.1) is 11.3 Å². The summed E-state index contributed by atoms with van der Waals surface area (Å²) in [5.74, 6) is 0.165. The Morgan fingerprint density at radius 2 is 2.24 bits per heavy atom. The first-order valence-corrected chi connectivity index (χ1v) is 8.03. The summed E-state index contributed by atoms with van der Waals surface area (Å²) in [7, 11) is 0. The van der Waals surface area contributed by atoms with E-state index in [-0.39, 0.29) is 11.8 Å². The fraction of sp³-hybridized carbons (Fsp3) is 0.533. The summed E-state index contributed by atoms with van der Waals surface area (Å²) in [4.78, 5) is 37.3. The van der Waals surface area contributed by atoms with E-state index in [0.29, 0.717) is 38.3 Å². The predicted molar refractivity (Wildman–Crippen MR) is 81.3 cm³/mol. The molecule has 114 valence electrons. The van der Waals surface area contributed by atoms with Crippen LogP contribution in [0.5, 0.6) is 0 Å². The van der Waals surface area contributed by atoms with Crippen LogP contribution in [0.25, 0.3) is 0 Å². The Bertz CT molecular complexity index is 527. The summed E-state index contributed by atoms with van der Waals surface area (Å²) in [5.41, 5.74) is 5.12. The van der Waals surface area contributed by atoms with E-state index in [4.69, 9.17) is 5.73 Å². The van der Waals surface area contributed by atoms with Crippen LogP contribution in [-0.4, -0.2) is 36.1 Å². The summed E-state index contributed by atoms with van der Waals surface area (Å²) < 4.78 is 0. The number of carbonyl (C=O) groups is 3. The molecular weight excluding hydrogens is 288 g/mol. The topological polar surface area (TPSA) is 80.5 Å². The Morgan fingerprint density at radius 3 is 2.90 bits per heavy atom. The number of carbonyl (C=O) groups excluding carboxylic acids is 3. The van der Waals surface area contributed by atoms with Gasteiger partial charge in [-0.05, 0) is 37.3 Å². The molecule has 1 aliphatic rings. The van der Waals surface area contributed by atoms with Crippen molar-refractivity contribution in [3.8, 4) is 0 Å². The minimum absolute atomic E-state index is 0.147. The first-order chi connectivity index (χ1) is 10.1. The van der Waals surface area contributed by atoms with Gasteiger partial charge in [0.2, 0.25) is 11.8 Å². The SMILES string of the molecule is NC(=O)CCCN1CCC(c2ccc(C=O)s2)CCC1=O. The van der Waals surface area contributed by atoms with Gasteiger partial charge in [-0.2, -0.15) is 0 Å². The van der Waals surface area contributed by atoms with Gasteiger partial charge in [0.25, 0.3) is 0 Å². The van der Waals surface area contributed by atoms with Crippen molar-refractivity contribution in [3.05, 3.63) is 21.9 Å². The van der Waals surface area contributed by atoms with Crippen LogP contribution in [0, 0.1) is 0 Å². The Balaban J connectivity index is 1.91. The molecule has 2 N–H and O–H groups in total. The highest BCUT2D eigenvalue weighted by Gasteiger charge is 2.24. The second-order valence-electron chi connectivity index (χ2n) is 5.33. The number of thiophene rings is 1. The molecule has 1 saturated heterocycles. The van der Waals surface area contributed by atoms with E-state index in [9.17, 15) is 14.4 Å². The molecule has 1 atom stereocenters. The zero-order valence-electron chi connectivity index (χ0n) is 11.9. The second-order valence-corrected chi connectivity index (χ2v) is 6.48. The lowest BCUT2D eigenvalue weighted by atomic mass is 9.99. The minimum Gasteiger partial charge on any atom is -0.370 e. The van der Waals surface area contributed by atoms with Crippen molar-refractivity contribution >= 4 is 29.4 Å². The molecule has 0 spiro atoms. The second kappa shape index (κ2) is 7.36. The van der Waals surface area contributed by atoms with Crippen LogP contribution >= 0.6 is 11.3 Å². The third-order valence-corrected chi connectivity index (χ3v) is 5.00. The zero-order chi connectivity index (χ0) is 15.2. The molecule has 1 aromatic heterocycles. The number of amides is 2. The zero-order valence-corrected chi connectivity index (χ0v) is 12.7. The molecule has 2 rings (SSSR count). The molecule has 1 fully saturated rings. The fourth-order valence-electron chi connectivity index (χ4n) is 2.65. The molecule has 2 amide bonds. The maximum Gasteiger partial charge on any atom is 0.222 e. The normalized spacial score (nSPS) is 19.3. The van der Waals surface area contributed by atoms with E-state index in [1.807, 2.05) is 17.0 Å². The van der Waals surface area contributed by atoms with Crippen molar-refractivity contribution in [1.82, 2.24) is 4.90 Å². The third kappa shape index (κ3) is 4.39. The van der Waals surface area contributed by atoms with Crippen LogP contribution in [0.15, 0.2) is 12.1 Å². The van der Waals surface area contributed by atoms with Gasteiger partial charge in [0, 0.05) is 30.8 Å². The number of rotatable bonds is 6. The maximum atomic E-state index is 12.1. The lowest BCUT2D eigenvalue weighted by molar-refractivity contribution is -0.131. The van der Waals surface area contributed by atoms with Crippen molar-refractivity contribution < 1.29 is 14.4 Å². The minimum atomic E-state index is -0.324. The fourth-order valence-corrected chi connectivity index (χ4v) is 3.65. The lowest BCUT2D eigenvalue weighted by Crippen LogP contribution is -2.31. The molecule has 2 heterocycles. The van der Waals surface area contributed by atoms with Gasteiger partial charge in [-0.25, -0.2) is 0 Å². The van der Waals surface area contributed by atoms with Crippen LogP contribution in [-0.2, 0) is 9.59 Å². The van der Waals surface area contributed by atoms with Gasteiger partial charge in [-0.3, -0.25) is 14.4 Å². The van der Waals surface area contributed by atoms with Gasteiger partial charge < -0.3 is 10.6 Å². The number of hydrogen-bond donors (Lipinski definition) is 1. The number of likely N-dealkylation sites (tertiary alicyclic amines) is 1. The maximum absolute atomic E-state index is 12.1. The van der Waals surface area contributed by atoms with Crippen LogP contribution in [0.2, 0.25) is 0 Å². The Kier molecular flexibility index (Phi) is 5.50. The van der Waals surface area contributed by atoms with E-state index >= 15 is 0 Å². The highest BCUT2D eigenvalue weighted by molar-refractivity contribution is 7.13. The van der Waals surface area contributed by atoms with E-state index in [2.05, 4.69) is 0 Å². The quantitative estimate of drug-likeness (QED) is 0.815. The molecule has 1 unspecified atom stereocenters. The molecule has 0 radical (unpaired) electrons. The number of nitrogens with two attached hydrogens (primary N) is 1. The van der Waals surface area contributed by atoms with E-state index in [0.717, 1.165) is 24.0 Å². The molecule has 1 aliphatic heterocycles. The molecule has 6 heteroatoms. The van der Waals surface area contributed by atoms with Crippen molar-refractivity contribution in [2.24, 2.45) is 5.73 Å². The highest BCUT2D eigenvalue weighted by Crippen LogP contribution is 2.32. The van der Waals surface area contributed by atoms with Crippen molar-refractivity contribution in [3.63, 3.8) is 0 Å². The van der Waals surface area contributed by atoms with E-state index in [1.165, 1.54) is 16.2 Å². The van der Waals surface area contributed by atoms with Crippen LogP contribution in [0.4, 0.5) is 0 Å². The van der Waals surface area contributed by atoms with Crippen LogP contribution < -0.4 is 5.73 Å². The van der Waals surface area contributed by atoms with Crippen molar-refractivity contribution in [2.75, 3.05) is 13.1 Å². The highest BCUT2D eigenvalue weighted by atomic mass is 32.1.